The summed E-state index contributed by atoms with van der Waals surface area (Å²) in [7, 11) is 0. The SMILES string of the molecule is CCCNC(=O)CCC(NC(=O)CCCCCCCCCCCCCCCCC(=O)O)C(C)=O. The van der Waals surface area contributed by atoms with Gasteiger partial charge >= 0.3 is 5.97 Å². The van der Waals surface area contributed by atoms with E-state index in [1.807, 2.05) is 6.92 Å². The second-order valence-electron chi connectivity index (χ2n) is 9.46. The summed E-state index contributed by atoms with van der Waals surface area (Å²) in [4.78, 5) is 46.1. The Kier molecular flexibility index (Phi) is 21.6. The molecule has 34 heavy (non-hydrogen) atoms. The van der Waals surface area contributed by atoms with Crippen molar-refractivity contribution < 1.29 is 24.3 Å². The maximum Gasteiger partial charge on any atom is 0.303 e. The van der Waals surface area contributed by atoms with E-state index >= 15 is 0 Å². The van der Waals surface area contributed by atoms with Gasteiger partial charge in [-0.1, -0.05) is 84.0 Å². The number of amides is 2. The molecule has 0 saturated carbocycles. The van der Waals surface area contributed by atoms with Gasteiger partial charge in [0, 0.05) is 25.8 Å². The lowest BCUT2D eigenvalue weighted by atomic mass is 10.0. The molecule has 0 heterocycles. The van der Waals surface area contributed by atoms with Crippen molar-refractivity contribution in [3.05, 3.63) is 0 Å². The van der Waals surface area contributed by atoms with Gasteiger partial charge in [0.25, 0.3) is 0 Å². The van der Waals surface area contributed by atoms with Gasteiger partial charge in [0.15, 0.2) is 5.78 Å². The Morgan fingerprint density at radius 3 is 1.50 bits per heavy atom. The highest BCUT2D eigenvalue weighted by molar-refractivity contribution is 5.88. The molecule has 0 radical (unpaired) electrons. The zero-order chi connectivity index (χ0) is 25.4. The Balaban J connectivity index is 3.55. The van der Waals surface area contributed by atoms with E-state index in [2.05, 4.69) is 10.6 Å². The van der Waals surface area contributed by atoms with Crippen molar-refractivity contribution in [2.24, 2.45) is 0 Å². The van der Waals surface area contributed by atoms with Crippen molar-refractivity contribution in [2.75, 3.05) is 6.54 Å². The van der Waals surface area contributed by atoms with Crippen LogP contribution in [0.1, 0.15) is 136 Å². The van der Waals surface area contributed by atoms with Gasteiger partial charge in [-0.05, 0) is 32.6 Å². The van der Waals surface area contributed by atoms with E-state index in [1.165, 1.54) is 58.3 Å². The van der Waals surface area contributed by atoms with E-state index in [4.69, 9.17) is 5.11 Å². The number of rotatable bonds is 24. The predicted molar refractivity (Wildman–Crippen MR) is 137 cm³/mol. The molecule has 1 atom stereocenters. The van der Waals surface area contributed by atoms with Crippen molar-refractivity contribution in [1.29, 1.82) is 0 Å². The van der Waals surface area contributed by atoms with Crippen molar-refractivity contribution in [3.63, 3.8) is 0 Å². The number of carboxylic acids is 1. The van der Waals surface area contributed by atoms with Crippen molar-refractivity contribution in [1.82, 2.24) is 10.6 Å². The first-order valence-corrected chi connectivity index (χ1v) is 13.6. The summed E-state index contributed by atoms with van der Waals surface area (Å²) in [5.74, 6) is -0.972. The van der Waals surface area contributed by atoms with Gasteiger partial charge in [-0.3, -0.25) is 19.2 Å². The van der Waals surface area contributed by atoms with Gasteiger partial charge in [-0.25, -0.2) is 0 Å². The van der Waals surface area contributed by atoms with Crippen LogP contribution in [0.2, 0.25) is 0 Å². The number of hydrogen-bond acceptors (Lipinski definition) is 4. The third-order valence-electron chi connectivity index (χ3n) is 6.10. The van der Waals surface area contributed by atoms with E-state index in [-0.39, 0.29) is 24.0 Å². The first-order valence-electron chi connectivity index (χ1n) is 13.6. The molecule has 2 amide bonds. The predicted octanol–water partition coefficient (Wildman–Crippen LogP) is 5.69. The first kappa shape index (κ1) is 32.1. The van der Waals surface area contributed by atoms with Gasteiger partial charge in [0.1, 0.15) is 0 Å². The third-order valence-corrected chi connectivity index (χ3v) is 6.10. The van der Waals surface area contributed by atoms with E-state index < -0.39 is 12.0 Å². The lowest BCUT2D eigenvalue weighted by Crippen LogP contribution is -2.40. The Labute approximate surface area is 207 Å². The van der Waals surface area contributed by atoms with Crippen molar-refractivity contribution >= 4 is 23.6 Å². The van der Waals surface area contributed by atoms with Crippen LogP contribution < -0.4 is 10.6 Å². The molecule has 0 bridgehead atoms. The van der Waals surface area contributed by atoms with Crippen molar-refractivity contribution in [2.45, 2.75) is 142 Å². The van der Waals surface area contributed by atoms with Gasteiger partial charge in [-0.2, -0.15) is 0 Å². The number of carbonyl (C=O) groups excluding carboxylic acids is 3. The van der Waals surface area contributed by atoms with Gasteiger partial charge in [-0.15, -0.1) is 0 Å². The summed E-state index contributed by atoms with van der Waals surface area (Å²) >= 11 is 0. The van der Waals surface area contributed by atoms with Crippen LogP contribution >= 0.6 is 0 Å². The Bertz CT molecular complexity index is 565. The summed E-state index contributed by atoms with van der Waals surface area (Å²) in [6.07, 6.45) is 18.2. The minimum absolute atomic E-state index is 0.0766. The summed E-state index contributed by atoms with van der Waals surface area (Å²) in [5.41, 5.74) is 0. The molecule has 7 nitrogen and oxygen atoms in total. The molecule has 1 unspecified atom stereocenters. The van der Waals surface area contributed by atoms with Gasteiger partial charge in [0.05, 0.1) is 6.04 Å². The quantitative estimate of drug-likeness (QED) is 0.153. The number of unbranched alkanes of at least 4 members (excludes halogenated alkanes) is 13. The van der Waals surface area contributed by atoms with Crippen LogP contribution in [0, 0.1) is 0 Å². The highest BCUT2D eigenvalue weighted by Crippen LogP contribution is 2.14. The number of ketones is 1. The average Bonchev–Trinajstić information content (AvgIpc) is 2.79. The van der Waals surface area contributed by atoms with Crippen LogP contribution in [0.5, 0.6) is 0 Å². The number of aliphatic carboxylic acids is 1. The molecule has 0 spiro atoms. The van der Waals surface area contributed by atoms with Crippen molar-refractivity contribution in [3.8, 4) is 0 Å². The number of Topliss-reactive ketones (excluding diaryl/α,β-unsaturated/α-hetero) is 1. The zero-order valence-electron chi connectivity index (χ0n) is 21.8. The Hall–Kier alpha value is -1.92. The molecule has 0 fully saturated rings. The van der Waals surface area contributed by atoms with E-state index in [0.29, 0.717) is 25.8 Å². The van der Waals surface area contributed by atoms with Crippen LogP contribution in [-0.4, -0.2) is 41.3 Å². The molecular formula is C27H50N2O5. The van der Waals surface area contributed by atoms with E-state index in [9.17, 15) is 19.2 Å². The maximum atomic E-state index is 12.1. The van der Waals surface area contributed by atoms with Gasteiger partial charge in [0.2, 0.25) is 11.8 Å². The largest absolute Gasteiger partial charge is 0.481 e. The Morgan fingerprint density at radius 1 is 0.647 bits per heavy atom. The number of carbonyl (C=O) groups is 4. The molecule has 0 rings (SSSR count). The normalized spacial score (nSPS) is 11.7. The minimum Gasteiger partial charge on any atom is -0.481 e. The third kappa shape index (κ3) is 21.9. The number of nitrogens with one attached hydrogen (secondary N) is 2. The summed E-state index contributed by atoms with van der Waals surface area (Å²) < 4.78 is 0. The molecule has 198 valence electrons. The second kappa shape index (κ2) is 22.9. The van der Waals surface area contributed by atoms with E-state index in [1.54, 1.807) is 0 Å². The topological polar surface area (TPSA) is 113 Å². The molecule has 0 aliphatic heterocycles. The fourth-order valence-electron chi connectivity index (χ4n) is 3.95. The maximum absolute atomic E-state index is 12.1. The zero-order valence-corrected chi connectivity index (χ0v) is 21.8. The second-order valence-corrected chi connectivity index (χ2v) is 9.46. The summed E-state index contributed by atoms with van der Waals surface area (Å²) in [6.45, 7) is 4.08. The fourth-order valence-corrected chi connectivity index (χ4v) is 3.95. The molecule has 0 saturated heterocycles. The molecule has 7 heteroatoms. The first-order chi connectivity index (χ1) is 16.4. The van der Waals surface area contributed by atoms with E-state index in [0.717, 1.165) is 44.9 Å². The smallest absolute Gasteiger partial charge is 0.303 e. The molecule has 0 aromatic rings. The van der Waals surface area contributed by atoms with Crippen LogP contribution in [0.4, 0.5) is 0 Å². The standard InChI is InChI=1S/C27H50N2O5/c1-3-22-28-25(31)21-20-24(23(2)30)29-26(32)18-16-14-12-10-8-6-4-5-7-9-11-13-15-17-19-27(33)34/h24H,3-22H2,1-2H3,(H,28,31)(H,29,32)(H,33,34). The van der Waals surface area contributed by atoms with Crippen LogP contribution in [0.25, 0.3) is 0 Å². The highest BCUT2D eigenvalue weighted by Gasteiger charge is 2.18. The minimum atomic E-state index is -0.690. The molecule has 0 aromatic heterocycles. The number of carboxylic acid groups (broad SMARTS) is 1. The lowest BCUT2D eigenvalue weighted by molar-refractivity contribution is -0.137. The Morgan fingerprint density at radius 2 is 1.09 bits per heavy atom. The fraction of sp³-hybridized carbons (Fsp3) is 0.852. The number of hydrogen-bond donors (Lipinski definition) is 3. The molecule has 0 aromatic carbocycles. The lowest BCUT2D eigenvalue weighted by Gasteiger charge is -2.15. The molecule has 0 aliphatic carbocycles. The van der Waals surface area contributed by atoms with Gasteiger partial charge < -0.3 is 15.7 Å². The van der Waals surface area contributed by atoms with Crippen LogP contribution in [0.15, 0.2) is 0 Å². The highest BCUT2D eigenvalue weighted by atomic mass is 16.4. The summed E-state index contributed by atoms with van der Waals surface area (Å²) in [6, 6.07) is -0.572. The summed E-state index contributed by atoms with van der Waals surface area (Å²) in [5, 5.41) is 14.2. The van der Waals surface area contributed by atoms with Crippen LogP contribution in [0.3, 0.4) is 0 Å². The molecular weight excluding hydrogens is 432 g/mol. The molecule has 3 N–H and O–H groups in total. The molecule has 0 aliphatic rings. The average molecular weight is 483 g/mol. The van der Waals surface area contributed by atoms with Crippen LogP contribution in [-0.2, 0) is 19.2 Å². The monoisotopic (exact) mass is 482 g/mol.